The molecule has 8 heteroatoms. The first-order chi connectivity index (χ1) is 12.1. The van der Waals surface area contributed by atoms with E-state index in [2.05, 4.69) is 15.2 Å². The average Bonchev–Trinajstić information content (AvgIpc) is 3.15. The Labute approximate surface area is 142 Å². The molecule has 1 aromatic carbocycles. The number of hydrogen-bond acceptors (Lipinski definition) is 6. The number of imidazole rings is 1. The van der Waals surface area contributed by atoms with Crippen molar-refractivity contribution in [3.63, 3.8) is 0 Å². The molecule has 1 N–H and O–H groups in total. The van der Waals surface area contributed by atoms with Crippen molar-refractivity contribution < 1.29 is 19.4 Å². The van der Waals surface area contributed by atoms with Crippen molar-refractivity contribution in [2.75, 3.05) is 6.79 Å². The number of carboxylic acid groups (broad SMARTS) is 1. The number of hydrogen-bond donors (Lipinski definition) is 1. The maximum absolute atomic E-state index is 11.1. The molecule has 0 unspecified atom stereocenters. The van der Waals surface area contributed by atoms with Gasteiger partial charge < -0.3 is 14.6 Å². The summed E-state index contributed by atoms with van der Waals surface area (Å²) in [6.07, 6.45) is 1.58. The van der Waals surface area contributed by atoms with Crippen LogP contribution in [0.5, 0.6) is 11.5 Å². The fourth-order valence-corrected chi connectivity index (χ4v) is 2.60. The predicted octanol–water partition coefficient (Wildman–Crippen LogP) is 3.41. The van der Waals surface area contributed by atoms with Gasteiger partial charge in [-0.25, -0.2) is 4.98 Å². The Bertz CT molecular complexity index is 1010. The smallest absolute Gasteiger partial charge is 0.309 e. The zero-order valence-corrected chi connectivity index (χ0v) is 13.3. The number of aromatic nitrogens is 2. The van der Waals surface area contributed by atoms with Crippen LogP contribution in [0.25, 0.3) is 5.65 Å². The van der Waals surface area contributed by atoms with Gasteiger partial charge in [-0.05, 0) is 36.8 Å². The van der Waals surface area contributed by atoms with Crippen LogP contribution in [0.15, 0.2) is 46.8 Å². The number of rotatable bonds is 4. The second-order valence-corrected chi connectivity index (χ2v) is 5.62. The Balaban J connectivity index is 1.75. The lowest BCUT2D eigenvalue weighted by atomic mass is 10.3. The lowest BCUT2D eigenvalue weighted by molar-refractivity contribution is -0.136. The van der Waals surface area contributed by atoms with Gasteiger partial charge in [0.2, 0.25) is 6.79 Å². The molecule has 8 nitrogen and oxygen atoms in total. The van der Waals surface area contributed by atoms with Crippen molar-refractivity contribution in [3.05, 3.63) is 47.8 Å². The molecule has 0 spiro atoms. The molecule has 0 aliphatic carbocycles. The molecular formula is C17H14N4O4. The van der Waals surface area contributed by atoms with E-state index in [0.717, 1.165) is 5.56 Å². The maximum atomic E-state index is 11.1. The van der Waals surface area contributed by atoms with E-state index >= 15 is 0 Å². The number of pyridine rings is 1. The molecule has 0 amide bonds. The number of fused-ring (bicyclic) bond motifs is 2. The molecule has 2 aromatic heterocycles. The quantitative estimate of drug-likeness (QED) is 0.735. The normalized spacial score (nSPS) is 13.0. The molecule has 4 rings (SSSR count). The molecule has 0 bridgehead atoms. The number of carboxylic acids is 1. The van der Waals surface area contributed by atoms with Gasteiger partial charge >= 0.3 is 5.97 Å². The summed E-state index contributed by atoms with van der Waals surface area (Å²) >= 11 is 0. The molecule has 0 saturated heterocycles. The highest BCUT2D eigenvalue weighted by Crippen LogP contribution is 2.36. The highest BCUT2D eigenvalue weighted by molar-refractivity contribution is 5.72. The van der Waals surface area contributed by atoms with Gasteiger partial charge in [-0.15, -0.1) is 10.2 Å². The maximum Gasteiger partial charge on any atom is 0.309 e. The largest absolute Gasteiger partial charge is 0.481 e. The van der Waals surface area contributed by atoms with Gasteiger partial charge in [0.25, 0.3) is 0 Å². The third kappa shape index (κ3) is 2.89. The zero-order chi connectivity index (χ0) is 17.4. The van der Waals surface area contributed by atoms with E-state index < -0.39 is 5.97 Å². The van der Waals surface area contributed by atoms with Crippen molar-refractivity contribution >= 4 is 23.1 Å². The number of azo groups is 1. The number of benzene rings is 1. The van der Waals surface area contributed by atoms with Crippen molar-refractivity contribution in [2.24, 2.45) is 10.2 Å². The standard InChI is InChI=1S/C17H14N4O4/c1-10-4-5-21-15(6-10)18-12(8-16(22)23)17(21)20-19-11-2-3-13-14(7-11)25-9-24-13/h2-7H,8-9H2,1H3,(H,22,23). The summed E-state index contributed by atoms with van der Waals surface area (Å²) in [7, 11) is 0. The minimum Gasteiger partial charge on any atom is -0.481 e. The molecule has 0 saturated carbocycles. The molecule has 1 aliphatic rings. The van der Waals surface area contributed by atoms with Crippen molar-refractivity contribution in [1.82, 2.24) is 9.38 Å². The summed E-state index contributed by atoms with van der Waals surface area (Å²) in [5.74, 6) is 0.696. The summed E-state index contributed by atoms with van der Waals surface area (Å²) < 4.78 is 12.3. The second kappa shape index (κ2) is 5.90. The third-order valence-electron chi connectivity index (χ3n) is 3.76. The number of aryl methyl sites for hydroxylation is 1. The number of ether oxygens (including phenoxy) is 2. The number of nitrogens with zero attached hydrogens (tertiary/aromatic N) is 4. The van der Waals surface area contributed by atoms with Crippen LogP contribution in [0.4, 0.5) is 11.5 Å². The van der Waals surface area contributed by atoms with Gasteiger partial charge in [0.15, 0.2) is 17.3 Å². The summed E-state index contributed by atoms with van der Waals surface area (Å²) in [4.78, 5) is 15.5. The predicted molar refractivity (Wildman–Crippen MR) is 88.0 cm³/mol. The minimum atomic E-state index is -0.973. The highest BCUT2D eigenvalue weighted by atomic mass is 16.7. The first kappa shape index (κ1) is 15.1. The fourth-order valence-electron chi connectivity index (χ4n) is 2.60. The van der Waals surface area contributed by atoms with Crippen molar-refractivity contribution in [3.8, 4) is 11.5 Å². The molecule has 3 aromatic rings. The van der Waals surface area contributed by atoms with Gasteiger partial charge in [0.05, 0.1) is 17.8 Å². The van der Waals surface area contributed by atoms with E-state index in [0.29, 0.717) is 34.3 Å². The van der Waals surface area contributed by atoms with Crippen molar-refractivity contribution in [2.45, 2.75) is 13.3 Å². The monoisotopic (exact) mass is 338 g/mol. The van der Waals surface area contributed by atoms with Crippen LogP contribution in [-0.2, 0) is 11.2 Å². The van der Waals surface area contributed by atoms with Crippen LogP contribution in [0.1, 0.15) is 11.3 Å². The second-order valence-electron chi connectivity index (χ2n) is 5.62. The summed E-state index contributed by atoms with van der Waals surface area (Å²) in [5.41, 5.74) is 2.60. The van der Waals surface area contributed by atoms with Crippen LogP contribution in [-0.4, -0.2) is 27.3 Å². The summed E-state index contributed by atoms with van der Waals surface area (Å²) in [5, 5.41) is 17.6. The van der Waals surface area contributed by atoms with Crippen LogP contribution >= 0.6 is 0 Å². The minimum absolute atomic E-state index is 0.186. The Kier molecular flexibility index (Phi) is 3.57. The highest BCUT2D eigenvalue weighted by Gasteiger charge is 2.16. The molecule has 0 fully saturated rings. The van der Waals surface area contributed by atoms with E-state index in [1.54, 1.807) is 28.8 Å². The molecular weight excluding hydrogens is 324 g/mol. The fraction of sp³-hybridized carbons (Fsp3) is 0.176. The topological polar surface area (TPSA) is 97.8 Å². The molecule has 0 atom stereocenters. The molecule has 3 heterocycles. The summed E-state index contributed by atoms with van der Waals surface area (Å²) in [6, 6.07) is 8.99. The van der Waals surface area contributed by atoms with Crippen LogP contribution in [0, 0.1) is 6.92 Å². The third-order valence-corrected chi connectivity index (χ3v) is 3.76. The van der Waals surface area contributed by atoms with E-state index in [9.17, 15) is 4.79 Å². The van der Waals surface area contributed by atoms with E-state index in [1.165, 1.54) is 0 Å². The molecule has 25 heavy (non-hydrogen) atoms. The van der Waals surface area contributed by atoms with Crippen molar-refractivity contribution in [1.29, 1.82) is 0 Å². The lowest BCUT2D eigenvalue weighted by Crippen LogP contribution is -2.00. The van der Waals surface area contributed by atoms with Gasteiger partial charge in [-0.3, -0.25) is 9.20 Å². The molecule has 126 valence electrons. The average molecular weight is 338 g/mol. The van der Waals surface area contributed by atoms with Gasteiger partial charge in [0.1, 0.15) is 5.65 Å². The Morgan fingerprint density at radius 3 is 2.92 bits per heavy atom. The van der Waals surface area contributed by atoms with E-state index in [1.807, 2.05) is 19.1 Å². The van der Waals surface area contributed by atoms with Crippen LogP contribution in [0.3, 0.4) is 0 Å². The zero-order valence-electron chi connectivity index (χ0n) is 13.3. The van der Waals surface area contributed by atoms with E-state index in [4.69, 9.17) is 14.6 Å². The van der Waals surface area contributed by atoms with Gasteiger partial charge in [-0.2, -0.15) is 0 Å². The SMILES string of the molecule is Cc1ccn2c(N=Nc3ccc4c(c3)OCO4)c(CC(=O)O)nc2c1. The van der Waals surface area contributed by atoms with E-state index in [-0.39, 0.29) is 13.2 Å². The lowest BCUT2D eigenvalue weighted by Gasteiger charge is -1.99. The summed E-state index contributed by atoms with van der Waals surface area (Å²) in [6.45, 7) is 2.13. The Morgan fingerprint density at radius 2 is 2.08 bits per heavy atom. The molecule has 1 aliphatic heterocycles. The molecule has 0 radical (unpaired) electrons. The Hall–Kier alpha value is -3.42. The number of aliphatic carboxylic acids is 1. The first-order valence-electron chi connectivity index (χ1n) is 7.61. The first-order valence-corrected chi connectivity index (χ1v) is 7.61. The van der Waals surface area contributed by atoms with Crippen LogP contribution in [0.2, 0.25) is 0 Å². The van der Waals surface area contributed by atoms with Gasteiger partial charge in [0, 0.05) is 12.3 Å². The van der Waals surface area contributed by atoms with Gasteiger partial charge in [-0.1, -0.05) is 0 Å². The Morgan fingerprint density at radius 1 is 1.24 bits per heavy atom. The number of carbonyl (C=O) groups is 1. The van der Waals surface area contributed by atoms with Crippen LogP contribution < -0.4 is 9.47 Å².